The summed E-state index contributed by atoms with van der Waals surface area (Å²) in [4.78, 5) is 49.6. The molecule has 0 saturated carbocycles. The first-order valence-electron chi connectivity index (χ1n) is 13.4. The Hall–Kier alpha value is -3.54. The molecule has 0 bridgehead atoms. The van der Waals surface area contributed by atoms with Crippen LogP contribution in [0, 0.1) is 5.92 Å². The lowest BCUT2D eigenvalue weighted by atomic mass is 9.86. The van der Waals surface area contributed by atoms with Gasteiger partial charge in [0, 0.05) is 12.8 Å². The van der Waals surface area contributed by atoms with Crippen molar-refractivity contribution >= 4 is 24.4 Å². The monoisotopic (exact) mass is 583 g/mol. The van der Waals surface area contributed by atoms with Gasteiger partial charge < -0.3 is 38.9 Å². The van der Waals surface area contributed by atoms with E-state index in [9.17, 15) is 19.2 Å². The van der Waals surface area contributed by atoms with Gasteiger partial charge in [0.15, 0.2) is 11.5 Å². The van der Waals surface area contributed by atoms with E-state index in [1.807, 2.05) is 13.8 Å². The van der Waals surface area contributed by atoms with Gasteiger partial charge in [-0.3, -0.25) is 4.79 Å². The molecular weight excluding hydrogens is 538 g/mol. The lowest BCUT2D eigenvalue weighted by Gasteiger charge is -2.29. The van der Waals surface area contributed by atoms with E-state index in [2.05, 4.69) is 0 Å². The molecule has 0 aliphatic rings. The fourth-order valence-electron chi connectivity index (χ4n) is 3.42. The molecule has 2 N–H and O–H groups in total. The zero-order valence-electron chi connectivity index (χ0n) is 25.8. The highest BCUT2D eigenvalue weighted by Crippen LogP contribution is 2.32. The third-order valence-corrected chi connectivity index (χ3v) is 5.42. The lowest BCUT2D eigenvalue weighted by Crippen LogP contribution is -2.53. The van der Waals surface area contributed by atoms with Gasteiger partial charge in [-0.1, -0.05) is 26.3 Å². The van der Waals surface area contributed by atoms with E-state index in [-0.39, 0.29) is 36.9 Å². The molecule has 2 unspecified atom stereocenters. The van der Waals surface area contributed by atoms with E-state index >= 15 is 0 Å². The molecule has 0 saturated heterocycles. The normalized spacial score (nSPS) is 14.5. The van der Waals surface area contributed by atoms with E-state index in [4.69, 9.17) is 38.9 Å². The number of carbonyl (C=O) groups excluding carboxylic acids is 4. The molecule has 0 aliphatic carbocycles. The van der Waals surface area contributed by atoms with Crippen molar-refractivity contribution in [2.75, 3.05) is 13.7 Å². The predicted octanol–water partition coefficient (Wildman–Crippen LogP) is 5.71. The molecule has 3 atom stereocenters. The predicted molar refractivity (Wildman–Crippen MR) is 149 cm³/mol. The van der Waals surface area contributed by atoms with Crippen molar-refractivity contribution in [2.24, 2.45) is 11.7 Å². The molecule has 1 aromatic rings. The Labute approximate surface area is 242 Å². The summed E-state index contributed by atoms with van der Waals surface area (Å²) in [5.74, 6) is -0.895. The Kier molecular flexibility index (Phi) is 12.9. The van der Waals surface area contributed by atoms with E-state index < -0.39 is 47.3 Å². The average molecular weight is 584 g/mol. The fraction of sp³-hybridized carbons (Fsp3) is 0.655. The quantitative estimate of drug-likeness (QED) is 0.192. The Morgan fingerprint density at radius 1 is 0.854 bits per heavy atom. The summed E-state index contributed by atoms with van der Waals surface area (Å²) in [5, 5.41) is 0. The van der Waals surface area contributed by atoms with Gasteiger partial charge >= 0.3 is 24.4 Å². The van der Waals surface area contributed by atoms with Crippen molar-refractivity contribution in [3.63, 3.8) is 0 Å². The van der Waals surface area contributed by atoms with Crippen molar-refractivity contribution < 1.29 is 52.3 Å². The first-order valence-corrected chi connectivity index (χ1v) is 13.4. The van der Waals surface area contributed by atoms with Gasteiger partial charge in [-0.2, -0.15) is 0 Å². The second-order valence-electron chi connectivity index (χ2n) is 11.9. The Morgan fingerprint density at radius 2 is 1.39 bits per heavy atom. The summed E-state index contributed by atoms with van der Waals surface area (Å²) < 4.78 is 36.4. The molecule has 12 heteroatoms. The van der Waals surface area contributed by atoms with Crippen LogP contribution in [0.25, 0.3) is 0 Å². The molecule has 0 heterocycles. The summed E-state index contributed by atoms with van der Waals surface area (Å²) in [7, 11) is 1.19. The topological polar surface area (TPSA) is 159 Å². The molecule has 232 valence electrons. The lowest BCUT2D eigenvalue weighted by molar-refractivity contribution is -0.148. The Balaban J connectivity index is 3.24. The highest BCUT2D eigenvalue weighted by atomic mass is 16.8. The second-order valence-corrected chi connectivity index (χ2v) is 11.9. The SMILES string of the molecule is CCC(C)COC(=O)O[C@@H](C)CC(N)(Cc1ccc(OC(=O)OC(C)(C)C)c(OC(=O)OC(C)(C)C)c1)C(=O)OC. The molecule has 0 aromatic heterocycles. The average Bonchev–Trinajstić information content (AvgIpc) is 2.80. The number of benzene rings is 1. The van der Waals surface area contributed by atoms with Crippen LogP contribution in [0.15, 0.2) is 18.2 Å². The first-order chi connectivity index (χ1) is 18.8. The molecule has 0 fully saturated rings. The third kappa shape index (κ3) is 13.6. The summed E-state index contributed by atoms with van der Waals surface area (Å²) in [6.07, 6.45) is -3.15. The number of methoxy groups -OCH3 is 1. The Bertz CT molecular complexity index is 1060. The van der Waals surface area contributed by atoms with E-state index in [1.165, 1.54) is 25.3 Å². The van der Waals surface area contributed by atoms with Gasteiger partial charge in [-0.25, -0.2) is 14.4 Å². The minimum atomic E-state index is -1.65. The zero-order valence-corrected chi connectivity index (χ0v) is 25.8. The van der Waals surface area contributed by atoms with Gasteiger partial charge in [-0.15, -0.1) is 0 Å². The number of ether oxygens (including phenoxy) is 7. The third-order valence-electron chi connectivity index (χ3n) is 5.42. The van der Waals surface area contributed by atoms with Crippen LogP contribution in [0.5, 0.6) is 11.5 Å². The Morgan fingerprint density at radius 3 is 1.88 bits per heavy atom. The van der Waals surface area contributed by atoms with Gasteiger partial charge in [0.1, 0.15) is 22.8 Å². The molecule has 0 spiro atoms. The fourth-order valence-corrected chi connectivity index (χ4v) is 3.42. The number of nitrogens with two attached hydrogens (primary N) is 1. The summed E-state index contributed by atoms with van der Waals surface area (Å²) >= 11 is 0. The van der Waals surface area contributed by atoms with Crippen LogP contribution < -0.4 is 15.2 Å². The van der Waals surface area contributed by atoms with Gasteiger partial charge in [0.25, 0.3) is 0 Å². The number of rotatable bonds is 11. The molecule has 1 rings (SSSR count). The van der Waals surface area contributed by atoms with Crippen molar-refractivity contribution in [1.82, 2.24) is 0 Å². The molecule has 41 heavy (non-hydrogen) atoms. The number of carbonyl (C=O) groups is 4. The van der Waals surface area contributed by atoms with E-state index in [0.29, 0.717) is 5.56 Å². The summed E-state index contributed by atoms with van der Waals surface area (Å²) in [5.41, 5.74) is 3.56. The van der Waals surface area contributed by atoms with Crippen molar-refractivity contribution in [3.8, 4) is 11.5 Å². The van der Waals surface area contributed by atoms with Crippen LogP contribution >= 0.6 is 0 Å². The van der Waals surface area contributed by atoms with Crippen LogP contribution in [0.4, 0.5) is 14.4 Å². The highest BCUT2D eigenvalue weighted by Gasteiger charge is 2.38. The zero-order chi connectivity index (χ0) is 31.6. The summed E-state index contributed by atoms with van der Waals surface area (Å²) in [6.45, 7) is 15.7. The minimum absolute atomic E-state index is 0.115. The molecule has 0 radical (unpaired) electrons. The van der Waals surface area contributed by atoms with Gasteiger partial charge in [0.2, 0.25) is 0 Å². The smallest absolute Gasteiger partial charge is 0.468 e. The maximum Gasteiger partial charge on any atom is 0.514 e. The van der Waals surface area contributed by atoms with Gasteiger partial charge in [0.05, 0.1) is 13.7 Å². The molecular formula is C29H45NO11. The van der Waals surface area contributed by atoms with Crippen molar-refractivity contribution in [1.29, 1.82) is 0 Å². The first kappa shape index (κ1) is 35.5. The molecule has 0 aliphatic heterocycles. The highest BCUT2D eigenvalue weighted by molar-refractivity contribution is 5.81. The van der Waals surface area contributed by atoms with Crippen molar-refractivity contribution in [2.45, 2.75) is 104 Å². The molecule has 1 aromatic carbocycles. The van der Waals surface area contributed by atoms with Crippen LogP contribution in [0.3, 0.4) is 0 Å². The van der Waals surface area contributed by atoms with E-state index in [0.717, 1.165) is 6.42 Å². The largest absolute Gasteiger partial charge is 0.514 e. The summed E-state index contributed by atoms with van der Waals surface area (Å²) in [6, 6.07) is 4.26. The van der Waals surface area contributed by atoms with Crippen molar-refractivity contribution in [3.05, 3.63) is 23.8 Å². The van der Waals surface area contributed by atoms with Crippen LogP contribution in [0.1, 0.15) is 80.7 Å². The van der Waals surface area contributed by atoms with Gasteiger partial charge in [-0.05, 0) is 72.1 Å². The van der Waals surface area contributed by atoms with E-state index in [1.54, 1.807) is 48.5 Å². The molecule has 0 amide bonds. The number of hydrogen-bond donors (Lipinski definition) is 1. The van der Waals surface area contributed by atoms with Crippen LogP contribution in [0.2, 0.25) is 0 Å². The number of esters is 1. The second kappa shape index (κ2) is 14.9. The van der Waals surface area contributed by atoms with Crippen LogP contribution in [-0.2, 0) is 34.9 Å². The minimum Gasteiger partial charge on any atom is -0.468 e. The maximum atomic E-state index is 12.8. The standard InChI is InChI=1S/C29H45NO11/c1-11-18(2)17-36-24(32)37-19(3)15-29(30,23(31)35-10)16-20-12-13-21(38-25(33)40-27(4,5)6)22(14-20)39-26(34)41-28(7,8)9/h12-14,18-19H,11,15-17,30H2,1-10H3/t18?,19-,29?/m0/s1. The maximum absolute atomic E-state index is 12.8. The molecule has 12 nitrogen and oxygen atoms in total. The van der Waals surface area contributed by atoms with Crippen LogP contribution in [-0.4, -0.2) is 61.0 Å². The number of hydrogen-bond acceptors (Lipinski definition) is 12.